The Balaban J connectivity index is 2.67. The first-order valence-electron chi connectivity index (χ1n) is 9.71. The number of hydrogen-bond acceptors (Lipinski definition) is 9. The number of nitro groups is 1. The van der Waals surface area contributed by atoms with Crippen LogP contribution < -0.4 is 5.32 Å². The summed E-state index contributed by atoms with van der Waals surface area (Å²) in [5, 5.41) is 31.4. The summed E-state index contributed by atoms with van der Waals surface area (Å²) in [6, 6.07) is 2.48. The Morgan fingerprint density at radius 3 is 2.15 bits per heavy atom. The topological polar surface area (TPSA) is 199 Å². The van der Waals surface area contributed by atoms with Gasteiger partial charge in [-0.25, -0.2) is 9.59 Å². The highest BCUT2D eigenvalue weighted by molar-refractivity contribution is 7.86. The maximum atomic E-state index is 12.1. The molecule has 1 aromatic rings. The fourth-order valence-electron chi connectivity index (χ4n) is 2.60. The smallest absolute Gasteiger partial charge is 0.408 e. The number of nitrogens with zero attached hydrogens (tertiary/aromatic N) is 1. The maximum absolute atomic E-state index is 12.1. The lowest BCUT2D eigenvalue weighted by molar-refractivity contribution is -0.384. The molecule has 0 aliphatic carbocycles. The molecule has 13 nitrogen and oxygen atoms in total. The zero-order valence-electron chi connectivity index (χ0n) is 18.2. The number of rotatable bonds is 12. The van der Waals surface area contributed by atoms with E-state index in [0.29, 0.717) is 0 Å². The van der Waals surface area contributed by atoms with Crippen molar-refractivity contribution in [2.75, 3.05) is 6.61 Å². The quantitative estimate of drug-likeness (QED) is 0.168. The molecule has 0 radical (unpaired) electrons. The molecule has 33 heavy (non-hydrogen) atoms. The predicted molar refractivity (Wildman–Crippen MR) is 112 cm³/mol. The average molecular weight is 490 g/mol. The van der Waals surface area contributed by atoms with Gasteiger partial charge < -0.3 is 20.3 Å². The molecule has 0 aromatic heterocycles. The van der Waals surface area contributed by atoms with Crippen LogP contribution in [0.5, 0.6) is 0 Å². The lowest BCUT2D eigenvalue weighted by atomic mass is 9.95. The number of carbonyl (C=O) groups excluding carboxylic acids is 1. The summed E-state index contributed by atoms with van der Waals surface area (Å²) < 4.78 is 34.1. The van der Waals surface area contributed by atoms with Gasteiger partial charge in [-0.3, -0.25) is 19.1 Å². The van der Waals surface area contributed by atoms with Crippen molar-refractivity contribution in [2.24, 2.45) is 5.92 Å². The molecule has 0 saturated carbocycles. The van der Waals surface area contributed by atoms with Crippen LogP contribution in [-0.2, 0) is 28.6 Å². The van der Waals surface area contributed by atoms with Crippen LogP contribution in [0, 0.1) is 16.0 Å². The molecule has 0 heterocycles. The second-order valence-corrected chi connectivity index (χ2v) is 9.59. The molecular formula is C19H26N2O11S. The summed E-state index contributed by atoms with van der Waals surface area (Å²) in [7, 11) is -4.23. The van der Waals surface area contributed by atoms with Crippen molar-refractivity contribution in [1.82, 2.24) is 5.32 Å². The van der Waals surface area contributed by atoms with Crippen LogP contribution in [0.2, 0.25) is 0 Å². The normalized spacial score (nSPS) is 13.5. The number of alkyl carbamates (subject to hydrolysis) is 1. The van der Waals surface area contributed by atoms with Crippen molar-refractivity contribution >= 4 is 33.8 Å². The number of amides is 1. The Hall–Kier alpha value is -3.26. The van der Waals surface area contributed by atoms with Gasteiger partial charge in [0.15, 0.2) is 0 Å². The largest absolute Gasteiger partial charge is 0.481 e. The van der Waals surface area contributed by atoms with Gasteiger partial charge in [-0.1, -0.05) is 0 Å². The van der Waals surface area contributed by atoms with Crippen molar-refractivity contribution in [3.8, 4) is 0 Å². The number of nitro benzene ring substituents is 1. The Labute approximate surface area is 190 Å². The van der Waals surface area contributed by atoms with Crippen molar-refractivity contribution in [3.63, 3.8) is 0 Å². The molecule has 1 rings (SSSR count). The number of carboxylic acids is 2. The molecule has 14 heteroatoms. The number of nitrogens with one attached hydrogen (secondary N) is 1. The lowest BCUT2D eigenvalue weighted by Crippen LogP contribution is -2.45. The Morgan fingerprint density at radius 2 is 1.70 bits per heavy atom. The van der Waals surface area contributed by atoms with Crippen molar-refractivity contribution in [3.05, 3.63) is 34.4 Å². The van der Waals surface area contributed by atoms with E-state index in [9.17, 15) is 43.1 Å². The first-order chi connectivity index (χ1) is 15.1. The molecule has 1 aromatic carbocycles. The summed E-state index contributed by atoms with van der Waals surface area (Å²) in [5.41, 5.74) is -1.18. The fourth-order valence-corrected chi connectivity index (χ4v) is 3.54. The van der Waals surface area contributed by atoms with E-state index in [4.69, 9.17) is 8.92 Å². The van der Waals surface area contributed by atoms with Gasteiger partial charge in [0.05, 0.1) is 22.3 Å². The third-order valence-electron chi connectivity index (χ3n) is 4.13. The lowest BCUT2D eigenvalue weighted by Gasteiger charge is -2.23. The van der Waals surface area contributed by atoms with Gasteiger partial charge in [0.1, 0.15) is 11.6 Å². The Morgan fingerprint density at radius 1 is 1.12 bits per heavy atom. The van der Waals surface area contributed by atoms with E-state index < -0.39 is 63.7 Å². The standard InChI is InChI=1S/C19H26N2O11S/c1-19(2,3)32-18(26)20-15(17(24)25)11-12(16(22)23)5-4-10-31-33(29,30)14-8-6-13(7-9-14)21(27)28/h6-9,12,15H,4-5,10-11H2,1-3H3,(H,20,26)(H,22,23)(H,24,25)/t12-,15-/m0/s1. The van der Waals surface area contributed by atoms with E-state index in [1.165, 1.54) is 0 Å². The van der Waals surface area contributed by atoms with Crippen molar-refractivity contribution in [2.45, 2.75) is 56.6 Å². The number of carbonyl (C=O) groups is 3. The summed E-state index contributed by atoms with van der Waals surface area (Å²) in [6.45, 7) is 4.33. The molecule has 3 N–H and O–H groups in total. The summed E-state index contributed by atoms with van der Waals surface area (Å²) in [4.78, 5) is 44.4. The number of ether oxygens (including phenoxy) is 1. The van der Waals surface area contributed by atoms with Crippen LogP contribution in [0.25, 0.3) is 0 Å². The highest BCUT2D eigenvalue weighted by Gasteiger charge is 2.30. The molecule has 0 aliphatic heterocycles. The number of benzene rings is 1. The van der Waals surface area contributed by atoms with E-state index in [-0.39, 0.29) is 23.4 Å². The minimum absolute atomic E-state index is 0.0536. The SMILES string of the molecule is CC(C)(C)OC(=O)N[C@@H](C[C@H](CCCOS(=O)(=O)c1ccc([N+](=O)[O-])cc1)C(=O)O)C(=O)O. The highest BCUT2D eigenvalue weighted by atomic mass is 32.2. The summed E-state index contributed by atoms with van der Waals surface area (Å²) in [6.07, 6.45) is -1.66. The number of non-ortho nitro benzene ring substituents is 1. The minimum atomic E-state index is -4.23. The molecule has 0 aliphatic rings. The van der Waals surface area contributed by atoms with E-state index in [1.54, 1.807) is 20.8 Å². The van der Waals surface area contributed by atoms with Crippen LogP contribution in [0.15, 0.2) is 29.2 Å². The van der Waals surface area contributed by atoms with Crippen LogP contribution >= 0.6 is 0 Å². The monoisotopic (exact) mass is 490 g/mol. The van der Waals surface area contributed by atoms with Gasteiger partial charge in [0, 0.05) is 12.1 Å². The summed E-state index contributed by atoms with van der Waals surface area (Å²) in [5.74, 6) is -4.00. The fraction of sp³-hybridized carbons (Fsp3) is 0.526. The van der Waals surface area contributed by atoms with Gasteiger partial charge in [-0.2, -0.15) is 8.42 Å². The van der Waals surface area contributed by atoms with Crippen LogP contribution in [-0.4, -0.2) is 59.8 Å². The van der Waals surface area contributed by atoms with E-state index in [2.05, 4.69) is 5.32 Å². The molecule has 1 amide bonds. The van der Waals surface area contributed by atoms with Gasteiger partial charge in [-0.05, 0) is 52.2 Å². The maximum Gasteiger partial charge on any atom is 0.408 e. The highest BCUT2D eigenvalue weighted by Crippen LogP contribution is 2.20. The molecule has 0 unspecified atom stereocenters. The van der Waals surface area contributed by atoms with Gasteiger partial charge in [0.25, 0.3) is 15.8 Å². The molecule has 0 fully saturated rings. The minimum Gasteiger partial charge on any atom is -0.481 e. The van der Waals surface area contributed by atoms with Crippen molar-refractivity contribution in [1.29, 1.82) is 0 Å². The first-order valence-corrected chi connectivity index (χ1v) is 11.1. The van der Waals surface area contributed by atoms with Crippen LogP contribution in [0.1, 0.15) is 40.0 Å². The number of aliphatic carboxylic acids is 2. The molecule has 0 bridgehead atoms. The van der Waals surface area contributed by atoms with Crippen molar-refractivity contribution < 1.29 is 46.9 Å². The zero-order chi connectivity index (χ0) is 25.4. The van der Waals surface area contributed by atoms with Crippen LogP contribution in [0.4, 0.5) is 10.5 Å². The van der Waals surface area contributed by atoms with E-state index in [0.717, 1.165) is 24.3 Å². The van der Waals surface area contributed by atoms with Gasteiger partial charge >= 0.3 is 18.0 Å². The van der Waals surface area contributed by atoms with Crippen LogP contribution in [0.3, 0.4) is 0 Å². The molecule has 184 valence electrons. The Bertz CT molecular complexity index is 968. The van der Waals surface area contributed by atoms with Gasteiger partial charge in [-0.15, -0.1) is 0 Å². The van der Waals surface area contributed by atoms with Gasteiger partial charge in [0.2, 0.25) is 0 Å². The zero-order valence-corrected chi connectivity index (χ0v) is 19.0. The van der Waals surface area contributed by atoms with E-state index in [1.807, 2.05) is 0 Å². The third-order valence-corrected chi connectivity index (χ3v) is 5.46. The predicted octanol–water partition coefficient (Wildman–Crippen LogP) is 2.15. The molecular weight excluding hydrogens is 464 g/mol. The van der Waals surface area contributed by atoms with E-state index >= 15 is 0 Å². The third kappa shape index (κ3) is 9.82. The molecule has 0 saturated heterocycles. The number of carboxylic acid groups (broad SMARTS) is 2. The molecule has 2 atom stereocenters. The number of hydrogen-bond donors (Lipinski definition) is 3. The summed E-state index contributed by atoms with van der Waals surface area (Å²) >= 11 is 0. The Kier molecular flexibility index (Phi) is 9.73. The second-order valence-electron chi connectivity index (χ2n) is 7.98. The average Bonchev–Trinajstić information content (AvgIpc) is 2.67. The second kappa shape index (κ2) is 11.6. The molecule has 0 spiro atoms. The first kappa shape index (κ1) is 27.8.